The number of carbonyl (C=O) groups is 2. The first kappa shape index (κ1) is 43.0. The zero-order chi connectivity index (χ0) is 34.0. The average molecular weight is 650 g/mol. The molecule has 0 saturated heterocycles. The van der Waals surface area contributed by atoms with Crippen molar-refractivity contribution >= 4 is 11.6 Å². The molecule has 0 spiro atoms. The van der Waals surface area contributed by atoms with Gasteiger partial charge in [-0.15, -0.1) is 0 Å². The number of hydrogen-bond acceptors (Lipinski definition) is 3. The molecule has 0 saturated carbocycles. The molecule has 0 amide bonds. The Labute approximate surface area is 292 Å². The summed E-state index contributed by atoms with van der Waals surface area (Å²) in [6, 6.07) is 9.17. The number of ketones is 2. The Balaban J connectivity index is 2.26. The molecule has 0 radical (unpaired) electrons. The molecule has 1 atom stereocenters. The Morgan fingerprint density at radius 3 is 1.17 bits per heavy atom. The minimum absolute atomic E-state index is 0.0386. The van der Waals surface area contributed by atoms with Gasteiger partial charge >= 0.3 is 0 Å². The van der Waals surface area contributed by atoms with Crippen molar-refractivity contribution in [1.82, 2.24) is 0 Å². The fourth-order valence-electron chi connectivity index (χ4n) is 6.50. The standard InChI is InChI=1S/C44H75NO2/c1-3-5-7-9-11-13-15-17-19-21-23-25-27-29-34-38-41(46)43(44(45)40-36-32-31-33-37-40)42(47)39-35-30-28-26-24-22-20-18-16-14-12-10-8-6-4-2/h17-20,31-33,36-37,43-44H,3-16,21-30,34-35,38-39,45H2,1-2H3. The molecule has 0 fully saturated rings. The van der Waals surface area contributed by atoms with Gasteiger partial charge in [-0.05, 0) is 69.8 Å². The summed E-state index contributed by atoms with van der Waals surface area (Å²) in [6.07, 6.45) is 42.4. The van der Waals surface area contributed by atoms with E-state index in [4.69, 9.17) is 5.73 Å². The van der Waals surface area contributed by atoms with Crippen molar-refractivity contribution in [2.45, 2.75) is 200 Å². The topological polar surface area (TPSA) is 60.2 Å². The monoisotopic (exact) mass is 650 g/mol. The number of benzene rings is 1. The summed E-state index contributed by atoms with van der Waals surface area (Å²) in [7, 11) is 0. The Morgan fingerprint density at radius 2 is 0.809 bits per heavy atom. The van der Waals surface area contributed by atoms with Gasteiger partial charge in [0.2, 0.25) is 0 Å². The third kappa shape index (κ3) is 24.8. The second-order valence-corrected chi connectivity index (χ2v) is 14.0. The first-order valence-electron chi connectivity index (χ1n) is 20.3. The highest BCUT2D eigenvalue weighted by molar-refractivity contribution is 6.03. The third-order valence-corrected chi connectivity index (χ3v) is 9.61. The molecule has 1 unspecified atom stereocenters. The van der Waals surface area contributed by atoms with Crippen LogP contribution in [-0.2, 0) is 9.59 Å². The van der Waals surface area contributed by atoms with Gasteiger partial charge in [0.05, 0.1) is 5.92 Å². The van der Waals surface area contributed by atoms with E-state index in [-0.39, 0.29) is 11.6 Å². The molecular formula is C44H75NO2. The van der Waals surface area contributed by atoms with Crippen molar-refractivity contribution in [3.63, 3.8) is 0 Å². The fourth-order valence-corrected chi connectivity index (χ4v) is 6.50. The van der Waals surface area contributed by atoms with E-state index in [1.807, 2.05) is 30.3 Å². The van der Waals surface area contributed by atoms with Gasteiger partial charge in [0, 0.05) is 18.9 Å². The van der Waals surface area contributed by atoms with Crippen LogP contribution in [0.4, 0.5) is 0 Å². The molecule has 1 aromatic rings. The molecule has 1 aromatic carbocycles. The maximum Gasteiger partial charge on any atom is 0.145 e. The molecule has 0 aliphatic rings. The Hall–Kier alpha value is -2.00. The van der Waals surface area contributed by atoms with Crippen LogP contribution in [0.25, 0.3) is 0 Å². The quantitative estimate of drug-likeness (QED) is 0.0459. The second-order valence-electron chi connectivity index (χ2n) is 14.0. The van der Waals surface area contributed by atoms with Crippen molar-refractivity contribution in [2.24, 2.45) is 11.7 Å². The molecule has 0 aliphatic carbocycles. The molecule has 3 heteroatoms. The normalized spacial score (nSPS) is 13.1. The van der Waals surface area contributed by atoms with Gasteiger partial charge in [0.15, 0.2) is 0 Å². The zero-order valence-electron chi connectivity index (χ0n) is 31.0. The highest BCUT2D eigenvalue weighted by Crippen LogP contribution is 2.26. The van der Waals surface area contributed by atoms with Crippen LogP contribution < -0.4 is 5.73 Å². The molecule has 268 valence electrons. The van der Waals surface area contributed by atoms with Crippen LogP contribution in [0.1, 0.15) is 205 Å². The van der Waals surface area contributed by atoms with Gasteiger partial charge in [-0.2, -0.15) is 0 Å². The summed E-state index contributed by atoms with van der Waals surface area (Å²) in [5, 5.41) is 0. The van der Waals surface area contributed by atoms with E-state index >= 15 is 0 Å². The van der Waals surface area contributed by atoms with Crippen LogP contribution in [0.2, 0.25) is 0 Å². The van der Waals surface area contributed by atoms with Crippen LogP contribution in [0.15, 0.2) is 54.6 Å². The van der Waals surface area contributed by atoms with Gasteiger partial charge < -0.3 is 5.73 Å². The highest BCUT2D eigenvalue weighted by atomic mass is 16.2. The van der Waals surface area contributed by atoms with E-state index in [1.54, 1.807) is 0 Å². The minimum Gasteiger partial charge on any atom is -0.323 e. The fraction of sp³-hybridized carbons (Fsp3) is 0.727. The van der Waals surface area contributed by atoms with Crippen molar-refractivity contribution in [3.8, 4) is 0 Å². The predicted octanol–water partition coefficient (Wildman–Crippen LogP) is 13.5. The van der Waals surface area contributed by atoms with E-state index in [2.05, 4.69) is 38.2 Å². The number of rotatable bonds is 34. The summed E-state index contributed by atoms with van der Waals surface area (Å²) in [5.41, 5.74) is 7.48. The van der Waals surface area contributed by atoms with E-state index in [0.29, 0.717) is 12.8 Å². The van der Waals surface area contributed by atoms with Crippen LogP contribution in [-0.4, -0.2) is 11.6 Å². The molecule has 0 aromatic heterocycles. The molecule has 2 N–H and O–H groups in total. The summed E-state index contributed by atoms with van der Waals surface area (Å²) in [5.74, 6) is -0.639. The molecule has 1 rings (SSSR count). The van der Waals surface area contributed by atoms with Crippen LogP contribution >= 0.6 is 0 Å². The predicted molar refractivity (Wildman–Crippen MR) is 206 cm³/mol. The van der Waals surface area contributed by atoms with Gasteiger partial charge in [-0.3, -0.25) is 9.59 Å². The lowest BCUT2D eigenvalue weighted by molar-refractivity contribution is -0.133. The first-order chi connectivity index (χ1) is 23.1. The third-order valence-electron chi connectivity index (χ3n) is 9.61. The van der Waals surface area contributed by atoms with Crippen LogP contribution in [0.3, 0.4) is 0 Å². The van der Waals surface area contributed by atoms with Crippen LogP contribution in [0.5, 0.6) is 0 Å². The maximum absolute atomic E-state index is 13.4. The van der Waals surface area contributed by atoms with Crippen molar-refractivity contribution in [1.29, 1.82) is 0 Å². The summed E-state index contributed by atoms with van der Waals surface area (Å²) < 4.78 is 0. The van der Waals surface area contributed by atoms with Gasteiger partial charge in [0.1, 0.15) is 11.6 Å². The SMILES string of the molecule is CCCCCCCCC=CCCCCCCCC(=O)C(C(=O)CCCCCCCC=CCCCCCCCC)C(N)c1ccccc1. The van der Waals surface area contributed by atoms with Crippen molar-refractivity contribution in [2.75, 3.05) is 0 Å². The van der Waals surface area contributed by atoms with E-state index in [9.17, 15) is 9.59 Å². The minimum atomic E-state index is -0.717. The van der Waals surface area contributed by atoms with E-state index in [0.717, 1.165) is 56.9 Å². The van der Waals surface area contributed by atoms with Crippen molar-refractivity contribution < 1.29 is 9.59 Å². The molecule has 0 aliphatic heterocycles. The molecule has 0 bridgehead atoms. The Bertz CT molecular complexity index is 853. The lowest BCUT2D eigenvalue weighted by Gasteiger charge is -2.22. The number of nitrogens with two attached hydrogens (primary N) is 1. The highest BCUT2D eigenvalue weighted by Gasteiger charge is 2.32. The van der Waals surface area contributed by atoms with Gasteiger partial charge in [0.25, 0.3) is 0 Å². The number of allylic oxidation sites excluding steroid dienone is 4. The lowest BCUT2D eigenvalue weighted by atomic mass is 9.83. The number of carbonyl (C=O) groups excluding carboxylic acids is 2. The molecule has 3 nitrogen and oxygen atoms in total. The Kier molecular flexibility index (Phi) is 29.8. The number of hydrogen-bond donors (Lipinski definition) is 1. The molecular weight excluding hydrogens is 574 g/mol. The van der Waals surface area contributed by atoms with Gasteiger partial charge in [-0.25, -0.2) is 0 Å². The summed E-state index contributed by atoms with van der Waals surface area (Å²) in [4.78, 5) is 26.8. The second kappa shape index (κ2) is 32.5. The first-order valence-corrected chi connectivity index (χ1v) is 20.3. The number of Topliss-reactive ketones (excluding diaryl/α,β-unsaturated/α-hetero) is 2. The maximum atomic E-state index is 13.4. The van der Waals surface area contributed by atoms with E-state index in [1.165, 1.54) is 116 Å². The molecule has 0 heterocycles. The van der Waals surface area contributed by atoms with Crippen LogP contribution in [0, 0.1) is 5.92 Å². The largest absolute Gasteiger partial charge is 0.323 e. The average Bonchev–Trinajstić information content (AvgIpc) is 3.08. The van der Waals surface area contributed by atoms with Gasteiger partial charge in [-0.1, -0.05) is 171 Å². The molecule has 47 heavy (non-hydrogen) atoms. The lowest BCUT2D eigenvalue weighted by Crippen LogP contribution is -2.34. The smallest absolute Gasteiger partial charge is 0.145 e. The van der Waals surface area contributed by atoms with Crippen molar-refractivity contribution in [3.05, 3.63) is 60.2 Å². The summed E-state index contributed by atoms with van der Waals surface area (Å²) in [6.45, 7) is 4.54. The summed E-state index contributed by atoms with van der Waals surface area (Å²) >= 11 is 0. The number of unbranched alkanes of at least 4 members (excludes halogenated alkanes) is 22. The Morgan fingerprint density at radius 1 is 0.489 bits per heavy atom. The van der Waals surface area contributed by atoms with E-state index < -0.39 is 12.0 Å². The zero-order valence-corrected chi connectivity index (χ0v) is 31.0.